The van der Waals surface area contributed by atoms with Crippen LogP contribution in [0.1, 0.15) is 23.1 Å². The topological polar surface area (TPSA) is 72.2 Å². The molecule has 0 spiro atoms. The zero-order valence-corrected chi connectivity index (χ0v) is 18.2. The fraction of sp³-hybridized carbons (Fsp3) is 0.0952. The summed E-state index contributed by atoms with van der Waals surface area (Å²) in [7, 11) is -4.42. The molecule has 0 aliphatic heterocycles. The van der Waals surface area contributed by atoms with E-state index in [0.29, 0.717) is 10.0 Å². The van der Waals surface area contributed by atoms with Crippen molar-refractivity contribution in [2.24, 2.45) is 0 Å². The van der Waals surface area contributed by atoms with Gasteiger partial charge < -0.3 is 5.11 Å². The van der Waals surface area contributed by atoms with E-state index in [1.807, 2.05) is 0 Å². The summed E-state index contributed by atoms with van der Waals surface area (Å²) in [5, 5.41) is 11.3. The molecule has 5 nitrogen and oxygen atoms in total. The van der Waals surface area contributed by atoms with Crippen molar-refractivity contribution in [2.45, 2.75) is 17.2 Å². The summed E-state index contributed by atoms with van der Waals surface area (Å²) >= 11 is 12.4. The van der Waals surface area contributed by atoms with E-state index >= 15 is 0 Å². The van der Waals surface area contributed by atoms with Crippen molar-refractivity contribution in [2.75, 3.05) is 0 Å². The number of rotatable bonds is 4. The first kappa shape index (κ1) is 22.6. The van der Waals surface area contributed by atoms with Gasteiger partial charge in [-0.3, -0.25) is 4.98 Å². The monoisotopic (exact) mass is 500 g/mol. The number of hydrogen-bond acceptors (Lipinski definition) is 4. The summed E-state index contributed by atoms with van der Waals surface area (Å²) in [5.74, 6) is 0. The van der Waals surface area contributed by atoms with Crippen LogP contribution in [0, 0.1) is 0 Å². The van der Waals surface area contributed by atoms with Gasteiger partial charge in [-0.2, -0.15) is 13.2 Å². The van der Waals surface area contributed by atoms with Gasteiger partial charge in [0.1, 0.15) is 11.8 Å². The van der Waals surface area contributed by atoms with E-state index in [9.17, 15) is 26.7 Å². The average molecular weight is 501 g/mol. The highest BCUT2D eigenvalue weighted by atomic mass is 35.5. The highest BCUT2D eigenvalue weighted by molar-refractivity contribution is 7.90. The van der Waals surface area contributed by atoms with Gasteiger partial charge in [-0.25, -0.2) is 12.4 Å². The molecule has 1 unspecified atom stereocenters. The van der Waals surface area contributed by atoms with Gasteiger partial charge in [0, 0.05) is 27.2 Å². The lowest BCUT2D eigenvalue weighted by Gasteiger charge is -2.18. The smallest absolute Gasteiger partial charge is 0.382 e. The van der Waals surface area contributed by atoms with E-state index < -0.39 is 28.0 Å². The third-order valence-corrected chi connectivity index (χ3v) is 7.21. The van der Waals surface area contributed by atoms with Crippen LogP contribution in [-0.2, 0) is 16.2 Å². The minimum absolute atomic E-state index is 0.0205. The number of hydrogen-bond donors (Lipinski definition) is 1. The molecule has 2 heterocycles. The Balaban J connectivity index is 2.07. The molecule has 0 fully saturated rings. The number of benzene rings is 2. The molecule has 32 heavy (non-hydrogen) atoms. The second kappa shape index (κ2) is 8.08. The number of aliphatic hydroxyl groups excluding tert-OH is 1. The highest BCUT2D eigenvalue weighted by Gasteiger charge is 2.35. The summed E-state index contributed by atoms with van der Waals surface area (Å²) in [6.07, 6.45) is -5.55. The van der Waals surface area contributed by atoms with Crippen LogP contribution in [0.3, 0.4) is 0 Å². The molecule has 11 heteroatoms. The van der Waals surface area contributed by atoms with Crippen molar-refractivity contribution in [3.8, 4) is 0 Å². The number of pyridine rings is 1. The second-order valence-corrected chi connectivity index (χ2v) is 9.42. The molecule has 166 valence electrons. The Bertz CT molecular complexity index is 1400. The van der Waals surface area contributed by atoms with Crippen molar-refractivity contribution in [1.29, 1.82) is 0 Å². The lowest BCUT2D eigenvalue weighted by atomic mass is 10.1. The van der Waals surface area contributed by atoms with Gasteiger partial charge in [0.15, 0.2) is 0 Å². The minimum Gasteiger partial charge on any atom is -0.382 e. The molecule has 0 aliphatic rings. The largest absolute Gasteiger partial charge is 0.433 e. The van der Waals surface area contributed by atoms with Crippen LogP contribution in [0.2, 0.25) is 10.0 Å². The Kier molecular flexibility index (Phi) is 5.70. The third-order valence-electron chi connectivity index (χ3n) is 4.79. The van der Waals surface area contributed by atoms with Gasteiger partial charge >= 0.3 is 6.18 Å². The van der Waals surface area contributed by atoms with Crippen molar-refractivity contribution < 1.29 is 26.7 Å². The van der Waals surface area contributed by atoms with E-state index in [-0.39, 0.29) is 37.1 Å². The first-order valence-corrected chi connectivity index (χ1v) is 11.2. The second-order valence-electron chi connectivity index (χ2n) is 6.82. The molecule has 0 saturated heterocycles. The first-order chi connectivity index (χ1) is 15.0. The highest BCUT2D eigenvalue weighted by Crippen LogP contribution is 2.39. The fourth-order valence-corrected chi connectivity index (χ4v) is 5.49. The number of aliphatic hydroxyl groups is 1. The molecule has 2 aromatic carbocycles. The summed E-state index contributed by atoms with van der Waals surface area (Å²) < 4.78 is 67.5. The van der Waals surface area contributed by atoms with Crippen LogP contribution >= 0.6 is 23.2 Å². The number of nitrogens with zero attached hydrogens (tertiary/aromatic N) is 2. The molecule has 0 bridgehead atoms. The number of alkyl halides is 3. The van der Waals surface area contributed by atoms with Crippen molar-refractivity contribution >= 4 is 44.1 Å². The van der Waals surface area contributed by atoms with Gasteiger partial charge in [-0.05, 0) is 36.4 Å². The predicted molar refractivity (Wildman–Crippen MR) is 114 cm³/mol. The van der Waals surface area contributed by atoms with Crippen molar-refractivity contribution in [3.63, 3.8) is 0 Å². The summed E-state index contributed by atoms with van der Waals surface area (Å²) in [4.78, 5) is 3.21. The minimum atomic E-state index is -4.80. The Morgan fingerprint density at radius 2 is 1.59 bits per heavy atom. The van der Waals surface area contributed by atoms with E-state index in [1.165, 1.54) is 48.5 Å². The molecule has 4 rings (SSSR count). The SMILES string of the molecule is O=S(=O)(c1ccccc1)n1c(C(O)c2c(Cl)cccc2Cl)cc2cnc(C(F)(F)F)cc21. The number of halogens is 5. The maximum Gasteiger partial charge on any atom is 0.433 e. The fourth-order valence-electron chi connectivity index (χ4n) is 3.33. The summed E-state index contributed by atoms with van der Waals surface area (Å²) in [6, 6.07) is 13.5. The zero-order valence-electron chi connectivity index (χ0n) is 15.9. The Labute approximate surface area is 190 Å². The predicted octanol–water partition coefficient (Wildman–Crippen LogP) is 5.68. The van der Waals surface area contributed by atoms with Gasteiger partial charge in [-0.1, -0.05) is 47.5 Å². The molecule has 0 aliphatic carbocycles. The Hall–Kier alpha value is -2.59. The maximum absolute atomic E-state index is 13.5. The van der Waals surface area contributed by atoms with Gasteiger partial charge in [0.25, 0.3) is 10.0 Å². The average Bonchev–Trinajstić information content (AvgIpc) is 3.13. The van der Waals surface area contributed by atoms with Crippen LogP contribution < -0.4 is 0 Å². The molecule has 0 saturated carbocycles. The standard InChI is InChI=1S/C21H13Cl2F3N2O3S/c22-14-7-4-8-15(23)19(14)20(29)17-9-12-11-27-18(21(24,25)26)10-16(12)28(17)32(30,31)13-5-2-1-3-6-13/h1-11,20,29H. The summed E-state index contributed by atoms with van der Waals surface area (Å²) in [6.45, 7) is 0. The lowest BCUT2D eigenvalue weighted by molar-refractivity contribution is -0.141. The van der Waals surface area contributed by atoms with E-state index in [4.69, 9.17) is 23.2 Å². The van der Waals surface area contributed by atoms with Crippen LogP contribution in [0.25, 0.3) is 10.9 Å². The van der Waals surface area contributed by atoms with Gasteiger partial charge in [0.05, 0.1) is 16.1 Å². The zero-order chi connectivity index (χ0) is 23.3. The lowest BCUT2D eigenvalue weighted by Crippen LogP contribution is -2.19. The van der Waals surface area contributed by atoms with Gasteiger partial charge in [-0.15, -0.1) is 0 Å². The molecular weight excluding hydrogens is 488 g/mol. The molecule has 2 aromatic heterocycles. The van der Waals surface area contributed by atoms with Crippen LogP contribution in [0.4, 0.5) is 13.2 Å². The summed E-state index contributed by atoms with van der Waals surface area (Å²) in [5.41, 5.74) is -1.79. The molecule has 1 N–H and O–H groups in total. The molecule has 4 aromatic rings. The van der Waals surface area contributed by atoms with E-state index in [0.717, 1.165) is 6.20 Å². The maximum atomic E-state index is 13.5. The molecule has 0 radical (unpaired) electrons. The van der Waals surface area contributed by atoms with Crippen LogP contribution in [0.15, 0.2) is 71.8 Å². The molecule has 1 atom stereocenters. The van der Waals surface area contributed by atoms with Crippen LogP contribution in [-0.4, -0.2) is 22.5 Å². The van der Waals surface area contributed by atoms with Crippen molar-refractivity contribution in [3.05, 3.63) is 93.9 Å². The van der Waals surface area contributed by atoms with E-state index in [2.05, 4.69) is 4.98 Å². The first-order valence-electron chi connectivity index (χ1n) is 9.03. The molecular formula is C21H13Cl2F3N2O3S. The molecule has 0 amide bonds. The number of fused-ring (bicyclic) bond motifs is 1. The number of aromatic nitrogens is 2. The van der Waals surface area contributed by atoms with Gasteiger partial charge in [0.2, 0.25) is 0 Å². The normalized spacial score (nSPS) is 13.4. The van der Waals surface area contributed by atoms with Crippen molar-refractivity contribution in [1.82, 2.24) is 8.96 Å². The van der Waals surface area contributed by atoms with Crippen LogP contribution in [0.5, 0.6) is 0 Å². The Morgan fingerprint density at radius 1 is 0.969 bits per heavy atom. The quantitative estimate of drug-likeness (QED) is 0.391. The third kappa shape index (κ3) is 3.86. The Morgan fingerprint density at radius 3 is 2.19 bits per heavy atom. The van der Waals surface area contributed by atoms with E-state index in [1.54, 1.807) is 6.07 Å².